The van der Waals surface area contributed by atoms with Crippen LogP contribution in [-0.2, 0) is 24.9 Å². The standard InChI is InChI=1S/C31H30NO.C11H20O2.Ir/c1-18(2)28-17-32-30(24-12-10-22(16-25(24)28)21-7-5-6-8-21)27-14-20(4)13-26-23-11-9-19(3)15-29(23)33-31(26)27;1-8(2)5-10(12)7-11(13)6-9(3)4;/h9-13,15-18,21H,5-8H2,1-4H3;7-9,12H,5-6H2,1-4H3;/q-1;;/b;10-7-;. The van der Waals surface area contributed by atoms with Gasteiger partial charge in [-0.3, -0.25) is 4.79 Å². The van der Waals surface area contributed by atoms with Crippen molar-refractivity contribution in [3.63, 3.8) is 0 Å². The summed E-state index contributed by atoms with van der Waals surface area (Å²) in [6.45, 7) is 16.7. The van der Waals surface area contributed by atoms with Crippen molar-refractivity contribution in [2.75, 3.05) is 0 Å². The smallest absolute Gasteiger partial charge is 0.159 e. The first-order valence-electron chi connectivity index (χ1n) is 17.1. The van der Waals surface area contributed by atoms with Gasteiger partial charge >= 0.3 is 0 Å². The molecule has 4 nitrogen and oxygen atoms in total. The molecule has 1 aliphatic rings. The van der Waals surface area contributed by atoms with Gasteiger partial charge in [0, 0.05) is 50.6 Å². The summed E-state index contributed by atoms with van der Waals surface area (Å²) in [6, 6.07) is 19.3. The van der Waals surface area contributed by atoms with Crippen LogP contribution in [0.5, 0.6) is 0 Å². The monoisotopic (exact) mass is 809 g/mol. The van der Waals surface area contributed by atoms with Crippen molar-refractivity contribution in [3.05, 3.63) is 88.8 Å². The number of aryl methyl sites for hydroxylation is 2. The number of hydrogen-bond acceptors (Lipinski definition) is 4. The molecule has 0 amide bonds. The van der Waals surface area contributed by atoms with E-state index in [0.717, 1.165) is 38.8 Å². The molecule has 0 spiro atoms. The molecule has 0 saturated heterocycles. The Hall–Kier alpha value is -3.27. The normalized spacial score (nSPS) is 14.0. The SMILES string of the molecule is CC(C)CC(=O)/C=C(\O)CC(C)C.Cc1[c-]c(-c2ncc(C(C)C)c3cc(C4CCCC4)ccc23)c2oc3cc(C)ccc3c2c1.[Ir]. The summed E-state index contributed by atoms with van der Waals surface area (Å²) in [6.07, 6.45) is 9.87. The number of carbonyl (C=O) groups excluding carboxylic acids is 1. The number of rotatable bonds is 8. The first-order chi connectivity index (χ1) is 21.9. The molecule has 1 aliphatic carbocycles. The average Bonchev–Trinajstić information content (AvgIpc) is 3.63. The number of benzene rings is 3. The third-order valence-electron chi connectivity index (χ3n) is 8.98. The largest absolute Gasteiger partial charge is 0.512 e. The Morgan fingerprint density at radius 1 is 0.915 bits per heavy atom. The molecule has 0 unspecified atom stereocenters. The predicted octanol–water partition coefficient (Wildman–Crippen LogP) is 12.1. The molecule has 0 bridgehead atoms. The fourth-order valence-corrected chi connectivity index (χ4v) is 6.80. The Bertz CT molecular complexity index is 1890. The van der Waals surface area contributed by atoms with Crippen molar-refractivity contribution in [1.29, 1.82) is 0 Å². The van der Waals surface area contributed by atoms with E-state index in [1.165, 1.54) is 59.2 Å². The van der Waals surface area contributed by atoms with Gasteiger partial charge in [0.15, 0.2) is 5.78 Å². The van der Waals surface area contributed by atoms with Crippen molar-refractivity contribution in [1.82, 2.24) is 4.98 Å². The van der Waals surface area contributed by atoms with Crippen LogP contribution >= 0.6 is 0 Å². The molecule has 1 N–H and O–H groups in total. The summed E-state index contributed by atoms with van der Waals surface area (Å²) >= 11 is 0. The topological polar surface area (TPSA) is 63.3 Å². The maximum atomic E-state index is 11.2. The molecule has 2 aromatic heterocycles. The van der Waals surface area contributed by atoms with Gasteiger partial charge in [-0.1, -0.05) is 103 Å². The first kappa shape index (κ1) is 36.6. The van der Waals surface area contributed by atoms with Crippen LogP contribution in [-0.4, -0.2) is 15.9 Å². The van der Waals surface area contributed by atoms with E-state index in [1.54, 1.807) is 0 Å². The predicted molar refractivity (Wildman–Crippen MR) is 193 cm³/mol. The van der Waals surface area contributed by atoms with Crippen molar-refractivity contribution >= 4 is 38.5 Å². The molecular formula is C42H50IrNO3-. The number of carbonyl (C=O) groups is 1. The number of hydrogen-bond donors (Lipinski definition) is 1. The van der Waals surface area contributed by atoms with Gasteiger partial charge < -0.3 is 14.5 Å². The van der Waals surface area contributed by atoms with Crippen LogP contribution in [0, 0.1) is 31.7 Å². The second-order valence-electron chi connectivity index (χ2n) is 14.5. The van der Waals surface area contributed by atoms with Crippen molar-refractivity contribution < 1.29 is 34.4 Å². The Morgan fingerprint density at radius 3 is 2.26 bits per heavy atom. The number of aliphatic hydroxyl groups excluding tert-OH is 1. The Labute approximate surface area is 294 Å². The Kier molecular flexibility index (Phi) is 12.3. The van der Waals surface area contributed by atoms with Gasteiger partial charge in [0.25, 0.3) is 0 Å². The zero-order valence-corrected chi connectivity index (χ0v) is 31.7. The van der Waals surface area contributed by atoms with Gasteiger partial charge in [-0.25, -0.2) is 0 Å². The number of fused-ring (bicyclic) bond motifs is 4. The van der Waals surface area contributed by atoms with Crippen LogP contribution < -0.4 is 0 Å². The van der Waals surface area contributed by atoms with E-state index >= 15 is 0 Å². The maximum absolute atomic E-state index is 11.2. The summed E-state index contributed by atoms with van der Waals surface area (Å²) in [4.78, 5) is 16.2. The van der Waals surface area contributed by atoms with E-state index in [9.17, 15) is 9.90 Å². The van der Waals surface area contributed by atoms with Crippen molar-refractivity contribution in [2.45, 2.75) is 106 Å². The van der Waals surface area contributed by atoms with E-state index in [2.05, 4.69) is 82.4 Å². The summed E-state index contributed by atoms with van der Waals surface area (Å²) < 4.78 is 6.43. The quantitative estimate of drug-likeness (QED) is 0.0963. The minimum atomic E-state index is 0. The molecule has 5 aromatic rings. The molecule has 1 saturated carbocycles. The average molecular weight is 809 g/mol. The molecule has 1 fully saturated rings. The van der Waals surface area contributed by atoms with Gasteiger partial charge in [-0.15, -0.1) is 17.7 Å². The number of pyridine rings is 1. The number of furan rings is 1. The molecule has 0 atom stereocenters. The third-order valence-corrected chi connectivity index (χ3v) is 8.98. The minimum Gasteiger partial charge on any atom is -0.512 e. The number of aliphatic hydroxyl groups is 1. The van der Waals surface area contributed by atoms with Gasteiger partial charge in [-0.2, -0.15) is 0 Å². The summed E-state index contributed by atoms with van der Waals surface area (Å²) in [5, 5.41) is 14.2. The van der Waals surface area contributed by atoms with E-state index in [1.807, 2.05) is 27.7 Å². The van der Waals surface area contributed by atoms with E-state index in [4.69, 9.17) is 9.40 Å². The van der Waals surface area contributed by atoms with Gasteiger partial charge in [0.05, 0.1) is 11.3 Å². The summed E-state index contributed by atoms with van der Waals surface area (Å²) in [5.74, 6) is 2.10. The second-order valence-corrected chi connectivity index (χ2v) is 14.5. The molecule has 6 rings (SSSR count). The molecular weight excluding hydrogens is 759 g/mol. The zero-order valence-electron chi connectivity index (χ0n) is 29.3. The van der Waals surface area contributed by atoms with Crippen molar-refractivity contribution in [3.8, 4) is 11.3 Å². The fourth-order valence-electron chi connectivity index (χ4n) is 6.80. The minimum absolute atomic E-state index is 0. The zero-order chi connectivity index (χ0) is 33.1. The Morgan fingerprint density at radius 2 is 1.60 bits per heavy atom. The van der Waals surface area contributed by atoms with Gasteiger partial charge in [0.2, 0.25) is 0 Å². The fraction of sp³-hybridized carbons (Fsp3) is 0.429. The third kappa shape index (κ3) is 8.61. The van der Waals surface area contributed by atoms with Crippen LogP contribution in [0.2, 0.25) is 0 Å². The summed E-state index contributed by atoms with van der Waals surface area (Å²) in [7, 11) is 0. The van der Waals surface area contributed by atoms with Crippen LogP contribution in [0.1, 0.15) is 114 Å². The van der Waals surface area contributed by atoms with E-state index < -0.39 is 0 Å². The second kappa shape index (κ2) is 15.8. The molecule has 3 aromatic carbocycles. The molecule has 0 aliphatic heterocycles. The first-order valence-corrected chi connectivity index (χ1v) is 17.1. The Balaban J connectivity index is 0.000000307. The summed E-state index contributed by atoms with van der Waals surface area (Å²) in [5.41, 5.74) is 8.85. The molecule has 47 heavy (non-hydrogen) atoms. The molecule has 1 radical (unpaired) electrons. The van der Waals surface area contributed by atoms with Gasteiger partial charge in [-0.05, 0) is 82.7 Å². The van der Waals surface area contributed by atoms with Crippen molar-refractivity contribution in [2.24, 2.45) is 11.8 Å². The van der Waals surface area contributed by atoms with Crippen LogP contribution in [0.4, 0.5) is 0 Å². The van der Waals surface area contributed by atoms with E-state index in [-0.39, 0.29) is 31.6 Å². The van der Waals surface area contributed by atoms with Crippen LogP contribution in [0.3, 0.4) is 0 Å². The molecule has 5 heteroatoms. The number of allylic oxidation sites excluding steroid dienone is 2. The number of aromatic nitrogens is 1. The number of ketones is 1. The van der Waals surface area contributed by atoms with Crippen LogP contribution in [0.25, 0.3) is 44.0 Å². The van der Waals surface area contributed by atoms with E-state index in [0.29, 0.717) is 36.5 Å². The molecule has 251 valence electrons. The maximum Gasteiger partial charge on any atom is 0.159 e. The van der Waals surface area contributed by atoms with Crippen LogP contribution in [0.15, 0.2) is 64.9 Å². The van der Waals surface area contributed by atoms with Gasteiger partial charge in [0.1, 0.15) is 5.58 Å². The number of nitrogens with zero attached hydrogens (tertiary/aromatic N) is 1. The molecule has 2 heterocycles.